The first-order valence-corrected chi connectivity index (χ1v) is 19.4. The highest BCUT2D eigenvalue weighted by Crippen LogP contribution is 2.45. The van der Waals surface area contributed by atoms with Crippen molar-refractivity contribution in [2.24, 2.45) is 10.8 Å². The van der Waals surface area contributed by atoms with Gasteiger partial charge in [-0.3, -0.25) is 9.59 Å². The summed E-state index contributed by atoms with van der Waals surface area (Å²) in [5.41, 5.74) is -0.493. The van der Waals surface area contributed by atoms with Crippen LogP contribution < -0.4 is 0 Å². The molecule has 0 aromatic carbocycles. The minimum atomic E-state index is -0.477. The van der Waals surface area contributed by atoms with E-state index in [9.17, 15) is 9.59 Å². The van der Waals surface area contributed by atoms with Crippen LogP contribution in [0.5, 0.6) is 0 Å². The van der Waals surface area contributed by atoms with Crippen LogP contribution in [0.4, 0.5) is 0 Å². The van der Waals surface area contributed by atoms with E-state index in [-0.39, 0.29) is 11.9 Å². The van der Waals surface area contributed by atoms with Gasteiger partial charge in [-0.15, -0.1) is 0 Å². The Morgan fingerprint density at radius 3 is 1.14 bits per heavy atom. The minimum absolute atomic E-state index is 0.109. The number of esters is 2. The molecule has 280 valence electrons. The van der Waals surface area contributed by atoms with Crippen molar-refractivity contribution in [3.63, 3.8) is 0 Å². The SMILES string of the molecule is COC(=O)C1(CCCCCC/C(B2OC(C)(C)C(C)(C)O2)=C(\CCCCCCC2(C(=O)OC)C=CCC2)B2OC(C)(C)C(C)(C)O2)C=CCC1. The molecule has 8 nitrogen and oxygen atoms in total. The summed E-state index contributed by atoms with van der Waals surface area (Å²) in [7, 11) is 2.03. The molecule has 2 saturated heterocycles. The lowest BCUT2D eigenvalue weighted by Crippen LogP contribution is -2.41. The monoisotopic (exact) mass is 696 g/mol. The van der Waals surface area contributed by atoms with Crippen LogP contribution in [-0.2, 0) is 37.7 Å². The number of ether oxygens (including phenoxy) is 2. The van der Waals surface area contributed by atoms with Gasteiger partial charge in [0.25, 0.3) is 0 Å². The molecule has 0 saturated carbocycles. The lowest BCUT2D eigenvalue weighted by atomic mass is 9.61. The van der Waals surface area contributed by atoms with Crippen molar-refractivity contribution >= 4 is 26.2 Å². The highest BCUT2D eigenvalue weighted by Gasteiger charge is 2.56. The van der Waals surface area contributed by atoms with Crippen molar-refractivity contribution in [1.82, 2.24) is 0 Å². The molecule has 10 heteroatoms. The second-order valence-corrected chi connectivity index (χ2v) is 17.2. The second-order valence-electron chi connectivity index (χ2n) is 17.2. The summed E-state index contributed by atoms with van der Waals surface area (Å²) in [6, 6.07) is 0. The Morgan fingerprint density at radius 2 is 0.860 bits per heavy atom. The third-order valence-corrected chi connectivity index (χ3v) is 12.7. The van der Waals surface area contributed by atoms with Gasteiger partial charge in [0.15, 0.2) is 0 Å². The lowest BCUT2D eigenvalue weighted by Gasteiger charge is -2.32. The Bertz CT molecular complexity index is 1160. The Morgan fingerprint density at radius 1 is 0.540 bits per heavy atom. The van der Waals surface area contributed by atoms with Crippen molar-refractivity contribution in [1.29, 1.82) is 0 Å². The fraction of sp³-hybridized carbons (Fsp3) is 0.800. The fourth-order valence-electron chi connectivity index (χ4n) is 7.88. The van der Waals surface area contributed by atoms with Gasteiger partial charge in [-0.1, -0.05) is 75.7 Å². The molecule has 0 aromatic heterocycles. The maximum absolute atomic E-state index is 12.6. The number of hydrogen-bond donors (Lipinski definition) is 0. The van der Waals surface area contributed by atoms with Crippen LogP contribution in [0, 0.1) is 10.8 Å². The van der Waals surface area contributed by atoms with Gasteiger partial charge in [-0.25, -0.2) is 0 Å². The molecule has 2 heterocycles. The number of allylic oxidation sites excluding steroid dienone is 4. The van der Waals surface area contributed by atoms with Crippen LogP contribution in [0.2, 0.25) is 0 Å². The summed E-state index contributed by atoms with van der Waals surface area (Å²) in [4.78, 5) is 25.2. The Balaban J connectivity index is 1.48. The van der Waals surface area contributed by atoms with Crippen molar-refractivity contribution < 1.29 is 37.7 Å². The van der Waals surface area contributed by atoms with E-state index in [1.807, 2.05) is 0 Å². The Hall–Kier alpha value is -1.87. The van der Waals surface area contributed by atoms with E-state index in [1.165, 1.54) is 14.2 Å². The predicted octanol–water partition coefficient (Wildman–Crippen LogP) is 9.25. The Labute approximate surface area is 304 Å². The number of rotatable bonds is 18. The first-order chi connectivity index (χ1) is 23.4. The quantitative estimate of drug-likeness (QED) is 0.0607. The van der Waals surface area contributed by atoms with Gasteiger partial charge in [-0.2, -0.15) is 0 Å². The van der Waals surface area contributed by atoms with E-state index in [0.717, 1.165) is 114 Å². The highest BCUT2D eigenvalue weighted by atomic mass is 16.7. The molecule has 0 spiro atoms. The van der Waals surface area contributed by atoms with Crippen molar-refractivity contribution in [3.8, 4) is 0 Å². The maximum Gasteiger partial charge on any atom is 0.489 e. The molecule has 2 fully saturated rings. The molecular formula is C40H66B2O8. The third-order valence-electron chi connectivity index (χ3n) is 12.7. The van der Waals surface area contributed by atoms with Crippen LogP contribution >= 0.6 is 0 Å². The number of unbranched alkanes of at least 4 members (excludes halogenated alkanes) is 6. The molecule has 4 aliphatic rings. The van der Waals surface area contributed by atoms with E-state index >= 15 is 0 Å². The molecule has 0 radical (unpaired) electrons. The van der Waals surface area contributed by atoms with E-state index in [1.54, 1.807) is 0 Å². The molecule has 0 amide bonds. The van der Waals surface area contributed by atoms with Crippen molar-refractivity contribution in [2.45, 2.75) is 181 Å². The average molecular weight is 697 g/mol. The zero-order valence-corrected chi connectivity index (χ0v) is 33.0. The first kappa shape index (κ1) is 40.9. The van der Waals surface area contributed by atoms with Crippen LogP contribution in [0.3, 0.4) is 0 Å². The van der Waals surface area contributed by atoms with Gasteiger partial charge in [0.2, 0.25) is 0 Å². The Kier molecular flexibility index (Phi) is 13.4. The molecule has 50 heavy (non-hydrogen) atoms. The van der Waals surface area contributed by atoms with Gasteiger partial charge < -0.3 is 28.1 Å². The normalized spacial score (nSPS) is 28.0. The number of hydrogen-bond acceptors (Lipinski definition) is 8. The molecule has 2 aliphatic heterocycles. The average Bonchev–Trinajstić information content (AvgIpc) is 3.82. The highest BCUT2D eigenvalue weighted by molar-refractivity contribution is 6.62. The molecule has 2 aliphatic carbocycles. The number of carbonyl (C=O) groups excluding carboxylic acids is 2. The molecule has 2 atom stereocenters. The summed E-state index contributed by atoms with van der Waals surface area (Å²) in [6.07, 6.45) is 23.3. The minimum Gasteiger partial charge on any atom is -0.468 e. The van der Waals surface area contributed by atoms with E-state index < -0.39 is 47.5 Å². The standard InChI is InChI=1S/C40H66B2O8/c1-35(2)36(3,4)48-41(47-35)31(23-15-11-13-17-25-39(33(43)45-9)27-19-20-28-39)32(42-49-37(5,6)38(7,8)50-42)24-16-12-14-18-26-40(34(44)46-10)29-21-22-30-40/h19,21,27,29H,11-18,20,22-26,28,30H2,1-10H3/b32-31-. The predicted molar refractivity (Wildman–Crippen MR) is 200 cm³/mol. The van der Waals surface area contributed by atoms with E-state index in [4.69, 9.17) is 28.1 Å². The topological polar surface area (TPSA) is 89.5 Å². The molecule has 0 bridgehead atoms. The lowest BCUT2D eigenvalue weighted by molar-refractivity contribution is -0.151. The summed E-state index contributed by atoms with van der Waals surface area (Å²) in [5, 5.41) is 0. The molecule has 0 aromatic rings. The number of methoxy groups -OCH3 is 2. The second kappa shape index (κ2) is 16.4. The number of carbonyl (C=O) groups is 2. The third kappa shape index (κ3) is 9.01. The summed E-state index contributed by atoms with van der Waals surface area (Å²) >= 11 is 0. The van der Waals surface area contributed by atoms with Crippen LogP contribution in [0.1, 0.15) is 158 Å². The summed E-state index contributed by atoms with van der Waals surface area (Å²) in [5.74, 6) is -0.217. The molecule has 4 rings (SSSR count). The molecule has 2 unspecified atom stereocenters. The van der Waals surface area contributed by atoms with Gasteiger partial charge in [-0.05, 0) is 118 Å². The summed E-state index contributed by atoms with van der Waals surface area (Å²) in [6.45, 7) is 16.8. The smallest absolute Gasteiger partial charge is 0.468 e. The van der Waals surface area contributed by atoms with Gasteiger partial charge in [0, 0.05) is 0 Å². The van der Waals surface area contributed by atoms with Gasteiger partial charge >= 0.3 is 26.2 Å². The fourth-order valence-corrected chi connectivity index (χ4v) is 7.88. The zero-order valence-electron chi connectivity index (χ0n) is 33.0. The maximum atomic E-state index is 12.6. The van der Waals surface area contributed by atoms with Crippen molar-refractivity contribution in [2.75, 3.05) is 14.2 Å². The zero-order chi connectivity index (χ0) is 36.8. The van der Waals surface area contributed by atoms with Gasteiger partial charge in [0.1, 0.15) is 0 Å². The van der Waals surface area contributed by atoms with Crippen LogP contribution in [0.25, 0.3) is 0 Å². The van der Waals surface area contributed by atoms with Gasteiger partial charge in [0.05, 0.1) is 47.5 Å². The van der Waals surface area contributed by atoms with E-state index in [2.05, 4.69) is 79.7 Å². The molecule has 0 N–H and O–H groups in total. The first-order valence-electron chi connectivity index (χ1n) is 19.4. The van der Waals surface area contributed by atoms with Crippen LogP contribution in [-0.4, -0.2) is 62.8 Å². The largest absolute Gasteiger partial charge is 0.489 e. The van der Waals surface area contributed by atoms with Crippen molar-refractivity contribution in [3.05, 3.63) is 35.2 Å². The molecular weight excluding hydrogens is 630 g/mol. The van der Waals surface area contributed by atoms with Crippen LogP contribution in [0.15, 0.2) is 35.2 Å². The van der Waals surface area contributed by atoms with E-state index in [0.29, 0.717) is 0 Å². The summed E-state index contributed by atoms with van der Waals surface area (Å²) < 4.78 is 37.2.